The molecule has 0 heterocycles. The zero-order chi connectivity index (χ0) is 16.7. The molecule has 124 valence electrons. The van der Waals surface area contributed by atoms with E-state index in [-0.39, 0.29) is 18.6 Å². The van der Waals surface area contributed by atoms with Gasteiger partial charge in [-0.15, -0.1) is 0 Å². The highest BCUT2D eigenvalue weighted by molar-refractivity contribution is 5.29. The highest BCUT2D eigenvalue weighted by Gasteiger charge is 2.12. The van der Waals surface area contributed by atoms with Gasteiger partial charge in [0.2, 0.25) is 0 Å². The summed E-state index contributed by atoms with van der Waals surface area (Å²) < 4.78 is 5.19. The van der Waals surface area contributed by atoms with E-state index in [1.807, 2.05) is 12.1 Å². The van der Waals surface area contributed by atoms with Gasteiger partial charge in [-0.2, -0.15) is 0 Å². The monoisotopic (exact) mass is 313 g/mol. The average Bonchev–Trinajstić information content (AvgIpc) is 2.60. The predicted molar refractivity (Wildman–Crippen MR) is 94.9 cm³/mol. The lowest BCUT2D eigenvalue weighted by Gasteiger charge is -2.20. The quantitative estimate of drug-likeness (QED) is 0.783. The van der Waals surface area contributed by atoms with Crippen LogP contribution < -0.4 is 10.1 Å². The predicted octanol–water partition coefficient (Wildman–Crippen LogP) is 3.51. The third kappa shape index (κ3) is 5.08. The lowest BCUT2D eigenvalue weighted by Crippen LogP contribution is -2.29. The number of aliphatic hydroxyl groups is 1. The second-order valence-corrected chi connectivity index (χ2v) is 6.08. The Bertz CT molecular complexity index is 595. The minimum atomic E-state index is 0.191. The van der Waals surface area contributed by atoms with E-state index >= 15 is 0 Å². The van der Waals surface area contributed by atoms with Crippen molar-refractivity contribution in [1.29, 1.82) is 0 Å². The largest absolute Gasteiger partial charge is 0.497 e. The molecule has 3 heteroatoms. The van der Waals surface area contributed by atoms with E-state index in [1.165, 1.54) is 16.7 Å². The Labute approximate surface area is 139 Å². The Morgan fingerprint density at radius 3 is 2.39 bits per heavy atom. The van der Waals surface area contributed by atoms with Crippen molar-refractivity contribution in [3.63, 3.8) is 0 Å². The molecular weight excluding hydrogens is 286 g/mol. The van der Waals surface area contributed by atoms with E-state index in [2.05, 4.69) is 55.6 Å². The molecule has 0 aliphatic heterocycles. The van der Waals surface area contributed by atoms with Gasteiger partial charge in [0.1, 0.15) is 5.75 Å². The van der Waals surface area contributed by atoms with Crippen LogP contribution in [0.2, 0.25) is 0 Å². The minimum absolute atomic E-state index is 0.191. The van der Waals surface area contributed by atoms with Gasteiger partial charge in [-0.3, -0.25) is 0 Å². The molecule has 2 atom stereocenters. The first kappa shape index (κ1) is 17.5. The zero-order valence-electron chi connectivity index (χ0n) is 14.3. The molecule has 0 fully saturated rings. The molecule has 0 aromatic heterocycles. The standard InChI is InChI=1S/C20H27NO2/c1-15-6-4-5-7-19(15)12-17(14-22)13-21-16(2)18-8-10-20(23-3)11-9-18/h4-11,16-17,21-22H,12-14H2,1-3H3. The summed E-state index contributed by atoms with van der Waals surface area (Å²) in [6.45, 7) is 5.25. The van der Waals surface area contributed by atoms with Crippen LogP contribution in [0, 0.1) is 12.8 Å². The summed E-state index contributed by atoms with van der Waals surface area (Å²) in [5.74, 6) is 1.09. The molecule has 0 bridgehead atoms. The molecule has 0 amide bonds. The van der Waals surface area contributed by atoms with E-state index < -0.39 is 0 Å². The number of nitrogens with one attached hydrogen (secondary N) is 1. The second kappa shape index (κ2) is 8.70. The van der Waals surface area contributed by atoms with Crippen LogP contribution in [0.25, 0.3) is 0 Å². The van der Waals surface area contributed by atoms with Crippen molar-refractivity contribution < 1.29 is 9.84 Å². The topological polar surface area (TPSA) is 41.5 Å². The molecule has 0 radical (unpaired) electrons. The smallest absolute Gasteiger partial charge is 0.118 e. The number of hydrogen-bond acceptors (Lipinski definition) is 3. The van der Waals surface area contributed by atoms with Crippen LogP contribution in [0.4, 0.5) is 0 Å². The Morgan fingerprint density at radius 2 is 1.78 bits per heavy atom. The van der Waals surface area contributed by atoms with Crippen LogP contribution in [-0.2, 0) is 6.42 Å². The summed E-state index contributed by atoms with van der Waals surface area (Å²) in [6, 6.07) is 16.7. The molecule has 0 saturated carbocycles. The third-order valence-electron chi connectivity index (χ3n) is 4.36. The zero-order valence-corrected chi connectivity index (χ0v) is 14.3. The van der Waals surface area contributed by atoms with Gasteiger partial charge in [-0.1, -0.05) is 36.4 Å². The van der Waals surface area contributed by atoms with E-state index in [9.17, 15) is 5.11 Å². The number of ether oxygens (including phenoxy) is 1. The van der Waals surface area contributed by atoms with Crippen molar-refractivity contribution in [3.8, 4) is 5.75 Å². The molecule has 0 spiro atoms. The van der Waals surface area contributed by atoms with Crippen LogP contribution >= 0.6 is 0 Å². The van der Waals surface area contributed by atoms with Gasteiger partial charge in [0.25, 0.3) is 0 Å². The second-order valence-electron chi connectivity index (χ2n) is 6.08. The third-order valence-corrected chi connectivity index (χ3v) is 4.36. The fourth-order valence-corrected chi connectivity index (χ4v) is 2.71. The maximum absolute atomic E-state index is 9.67. The first-order valence-corrected chi connectivity index (χ1v) is 8.16. The summed E-state index contributed by atoms with van der Waals surface area (Å²) in [4.78, 5) is 0. The first-order valence-electron chi connectivity index (χ1n) is 8.16. The van der Waals surface area contributed by atoms with Gasteiger partial charge in [0.15, 0.2) is 0 Å². The van der Waals surface area contributed by atoms with Gasteiger partial charge >= 0.3 is 0 Å². The number of hydrogen-bond donors (Lipinski definition) is 2. The molecule has 3 nitrogen and oxygen atoms in total. The molecule has 2 unspecified atom stereocenters. The summed E-state index contributed by atoms with van der Waals surface area (Å²) >= 11 is 0. The van der Waals surface area contributed by atoms with Crippen molar-refractivity contribution in [3.05, 3.63) is 65.2 Å². The highest BCUT2D eigenvalue weighted by Crippen LogP contribution is 2.18. The van der Waals surface area contributed by atoms with Crippen molar-refractivity contribution in [2.24, 2.45) is 5.92 Å². The van der Waals surface area contributed by atoms with Crippen LogP contribution in [-0.4, -0.2) is 25.4 Å². The molecule has 0 saturated heterocycles. The van der Waals surface area contributed by atoms with E-state index in [1.54, 1.807) is 7.11 Å². The number of aliphatic hydroxyl groups excluding tert-OH is 1. The van der Waals surface area contributed by atoms with Crippen molar-refractivity contribution in [1.82, 2.24) is 5.32 Å². The van der Waals surface area contributed by atoms with Crippen LogP contribution in [0.5, 0.6) is 5.75 Å². The lowest BCUT2D eigenvalue weighted by atomic mass is 9.96. The molecular formula is C20H27NO2. The minimum Gasteiger partial charge on any atom is -0.497 e. The molecule has 2 N–H and O–H groups in total. The molecule has 2 aromatic carbocycles. The van der Waals surface area contributed by atoms with Gasteiger partial charge in [-0.05, 0) is 55.0 Å². The van der Waals surface area contributed by atoms with Crippen LogP contribution in [0.3, 0.4) is 0 Å². The lowest BCUT2D eigenvalue weighted by molar-refractivity contribution is 0.218. The normalized spacial score (nSPS) is 13.6. The fraction of sp³-hybridized carbons (Fsp3) is 0.400. The average molecular weight is 313 g/mol. The molecule has 0 aliphatic rings. The summed E-state index contributed by atoms with van der Waals surface area (Å²) in [7, 11) is 1.67. The Hall–Kier alpha value is -1.84. The Morgan fingerprint density at radius 1 is 1.09 bits per heavy atom. The van der Waals surface area contributed by atoms with Gasteiger partial charge < -0.3 is 15.2 Å². The maximum Gasteiger partial charge on any atom is 0.118 e. The number of rotatable bonds is 8. The summed E-state index contributed by atoms with van der Waals surface area (Å²) in [5, 5.41) is 13.2. The van der Waals surface area contributed by atoms with E-state index in [4.69, 9.17) is 4.74 Å². The van der Waals surface area contributed by atoms with Crippen LogP contribution in [0.15, 0.2) is 48.5 Å². The Balaban J connectivity index is 1.90. The van der Waals surface area contributed by atoms with Gasteiger partial charge in [0, 0.05) is 19.2 Å². The number of benzene rings is 2. The van der Waals surface area contributed by atoms with E-state index in [0.29, 0.717) is 0 Å². The van der Waals surface area contributed by atoms with Crippen LogP contribution in [0.1, 0.15) is 29.7 Å². The molecule has 2 rings (SSSR count). The number of aryl methyl sites for hydroxylation is 1. The maximum atomic E-state index is 9.67. The molecule has 23 heavy (non-hydrogen) atoms. The van der Waals surface area contributed by atoms with Gasteiger partial charge in [-0.25, -0.2) is 0 Å². The molecule has 2 aromatic rings. The fourth-order valence-electron chi connectivity index (χ4n) is 2.71. The van der Waals surface area contributed by atoms with Crippen molar-refractivity contribution in [2.75, 3.05) is 20.3 Å². The van der Waals surface area contributed by atoms with Gasteiger partial charge in [0.05, 0.1) is 7.11 Å². The highest BCUT2D eigenvalue weighted by atomic mass is 16.5. The summed E-state index contributed by atoms with van der Waals surface area (Å²) in [6.07, 6.45) is 0.894. The van der Waals surface area contributed by atoms with Crippen molar-refractivity contribution in [2.45, 2.75) is 26.3 Å². The Kier molecular flexibility index (Phi) is 6.63. The number of methoxy groups -OCH3 is 1. The van der Waals surface area contributed by atoms with E-state index in [0.717, 1.165) is 18.7 Å². The first-order chi connectivity index (χ1) is 11.1. The summed E-state index contributed by atoms with van der Waals surface area (Å²) in [5.41, 5.74) is 3.82. The molecule has 0 aliphatic carbocycles. The SMILES string of the molecule is COc1ccc(C(C)NCC(CO)Cc2ccccc2C)cc1. The van der Waals surface area contributed by atoms with Crippen molar-refractivity contribution >= 4 is 0 Å².